The third kappa shape index (κ3) is 5.00. The molecule has 2 nitrogen and oxygen atoms in total. The SMILES string of the molecule is c1ccc(-c2ccc(N(c3ccc(-c4ccccc4-c4cccc5oc6ccccc6c45)cc3)c3ccc4c(c3)C3(c5ccccc5-4)C4CC5CC(C4)CC3C5)cc2)cc1. The van der Waals surface area contributed by atoms with Gasteiger partial charge in [-0.25, -0.2) is 0 Å². The van der Waals surface area contributed by atoms with Crippen molar-refractivity contribution in [3.05, 3.63) is 199 Å². The van der Waals surface area contributed by atoms with Crippen LogP contribution >= 0.6 is 0 Å². The highest BCUT2D eigenvalue weighted by molar-refractivity contribution is 6.13. The lowest BCUT2D eigenvalue weighted by Crippen LogP contribution is -2.55. The zero-order valence-electron chi connectivity index (χ0n) is 33.6. The van der Waals surface area contributed by atoms with E-state index in [1.165, 1.54) is 82.3 Å². The van der Waals surface area contributed by atoms with Gasteiger partial charge in [0.25, 0.3) is 0 Å². The number of hydrogen-bond acceptors (Lipinski definition) is 2. The van der Waals surface area contributed by atoms with E-state index in [-0.39, 0.29) is 5.41 Å². The van der Waals surface area contributed by atoms with Crippen LogP contribution in [0.4, 0.5) is 17.1 Å². The van der Waals surface area contributed by atoms with Crippen molar-refractivity contribution in [2.24, 2.45) is 23.7 Å². The van der Waals surface area contributed by atoms with Crippen LogP contribution in [0.5, 0.6) is 0 Å². The molecule has 1 aromatic heterocycles. The lowest BCUT2D eigenvalue weighted by Gasteiger charge is -2.61. The van der Waals surface area contributed by atoms with Gasteiger partial charge in [0, 0.05) is 33.2 Å². The maximum Gasteiger partial charge on any atom is 0.136 e. The van der Waals surface area contributed by atoms with E-state index in [0.717, 1.165) is 57.0 Å². The van der Waals surface area contributed by atoms with Crippen molar-refractivity contribution in [1.29, 1.82) is 0 Å². The van der Waals surface area contributed by atoms with Gasteiger partial charge < -0.3 is 9.32 Å². The first-order valence-electron chi connectivity index (χ1n) is 22.0. The molecule has 0 atom stereocenters. The van der Waals surface area contributed by atoms with E-state index in [1.807, 2.05) is 6.07 Å². The van der Waals surface area contributed by atoms with Crippen LogP contribution in [0.3, 0.4) is 0 Å². The van der Waals surface area contributed by atoms with Crippen molar-refractivity contribution in [3.8, 4) is 44.5 Å². The van der Waals surface area contributed by atoms with E-state index in [9.17, 15) is 0 Å². The van der Waals surface area contributed by atoms with Gasteiger partial charge in [-0.15, -0.1) is 0 Å². The molecule has 14 rings (SSSR count). The normalized spacial score (nSPS) is 22.1. The summed E-state index contributed by atoms with van der Waals surface area (Å²) in [5, 5.41) is 2.31. The van der Waals surface area contributed by atoms with Gasteiger partial charge in [-0.1, -0.05) is 140 Å². The molecule has 0 amide bonds. The standard InChI is InChI=1S/C58H45NO/c1-2-11-39(12-3-1)40-21-25-44(26-22-40)59(46-29-30-50-49-15-6-8-18-53(49)58(54(50)36-46)42-32-37-31-38(34-42)35-43(58)33-37)45-27-23-41(24-28-45)47-13-4-5-14-48(47)51-17-10-20-56-57(51)52-16-7-9-19-55(52)60-56/h1-30,36-38,42-43H,31-35H2. The van der Waals surface area contributed by atoms with E-state index in [0.29, 0.717) is 0 Å². The molecule has 1 spiro atoms. The van der Waals surface area contributed by atoms with Crippen molar-refractivity contribution < 1.29 is 4.42 Å². The second kappa shape index (κ2) is 13.2. The fraction of sp³-hybridized carbons (Fsp3) is 0.172. The molecule has 0 unspecified atom stereocenters. The van der Waals surface area contributed by atoms with Crippen molar-refractivity contribution >= 4 is 39.0 Å². The summed E-state index contributed by atoms with van der Waals surface area (Å²) >= 11 is 0. The highest BCUT2D eigenvalue weighted by Crippen LogP contribution is 2.69. The molecule has 8 aromatic carbocycles. The van der Waals surface area contributed by atoms with Gasteiger partial charge in [0.15, 0.2) is 0 Å². The number of anilines is 3. The number of furan rings is 1. The second-order valence-electron chi connectivity index (χ2n) is 18.1. The van der Waals surface area contributed by atoms with Gasteiger partial charge in [-0.05, 0) is 160 Å². The van der Waals surface area contributed by atoms with Gasteiger partial charge in [-0.3, -0.25) is 0 Å². The Bertz CT molecular complexity index is 3070. The van der Waals surface area contributed by atoms with Crippen LogP contribution in [0.1, 0.15) is 43.2 Å². The number of hydrogen-bond donors (Lipinski definition) is 0. The van der Waals surface area contributed by atoms with E-state index in [1.54, 1.807) is 11.1 Å². The molecular weight excluding hydrogens is 727 g/mol. The zero-order chi connectivity index (χ0) is 39.4. The Hall–Kier alpha value is -6.64. The molecule has 2 heteroatoms. The fourth-order valence-corrected chi connectivity index (χ4v) is 12.9. The Morgan fingerprint density at radius 3 is 1.68 bits per heavy atom. The average molecular weight is 772 g/mol. The Morgan fingerprint density at radius 2 is 0.933 bits per heavy atom. The first-order chi connectivity index (χ1) is 29.7. The smallest absolute Gasteiger partial charge is 0.136 e. The summed E-state index contributed by atoms with van der Waals surface area (Å²) < 4.78 is 6.32. The predicted molar refractivity (Wildman–Crippen MR) is 248 cm³/mol. The van der Waals surface area contributed by atoms with E-state index >= 15 is 0 Å². The third-order valence-corrected chi connectivity index (χ3v) is 15.1. The van der Waals surface area contributed by atoms with Crippen LogP contribution in [0, 0.1) is 23.7 Å². The highest BCUT2D eigenvalue weighted by atomic mass is 16.3. The summed E-state index contributed by atoms with van der Waals surface area (Å²) in [5.74, 6) is 3.26. The van der Waals surface area contributed by atoms with Crippen LogP contribution < -0.4 is 4.90 Å². The number of nitrogens with zero attached hydrogens (tertiary/aromatic N) is 1. The van der Waals surface area contributed by atoms with Crippen LogP contribution in [-0.2, 0) is 5.41 Å². The second-order valence-corrected chi connectivity index (χ2v) is 18.1. The Labute approximate surface area is 351 Å². The molecule has 0 saturated heterocycles. The van der Waals surface area contributed by atoms with Crippen molar-refractivity contribution in [1.82, 2.24) is 0 Å². The number of para-hydroxylation sites is 1. The van der Waals surface area contributed by atoms with Crippen molar-refractivity contribution in [2.45, 2.75) is 37.5 Å². The summed E-state index contributed by atoms with van der Waals surface area (Å²) in [5.41, 5.74) is 18.8. The molecular formula is C58H45NO. The minimum Gasteiger partial charge on any atom is -0.456 e. The Kier molecular flexibility index (Phi) is 7.52. The molecule has 60 heavy (non-hydrogen) atoms. The molecule has 5 aliphatic carbocycles. The summed E-state index contributed by atoms with van der Waals surface area (Å²) in [4.78, 5) is 2.50. The summed E-state index contributed by atoms with van der Waals surface area (Å²) in [7, 11) is 0. The van der Waals surface area contributed by atoms with Crippen LogP contribution in [-0.4, -0.2) is 0 Å². The molecule has 5 aliphatic rings. The molecule has 4 saturated carbocycles. The molecule has 4 fully saturated rings. The third-order valence-electron chi connectivity index (χ3n) is 15.1. The summed E-state index contributed by atoms with van der Waals surface area (Å²) in [6, 6.07) is 69.7. The Balaban J connectivity index is 0.949. The predicted octanol–water partition coefficient (Wildman–Crippen LogP) is 15.8. The van der Waals surface area contributed by atoms with Crippen LogP contribution in [0.15, 0.2) is 192 Å². The van der Waals surface area contributed by atoms with Gasteiger partial charge in [0.05, 0.1) is 0 Å². The molecule has 1 heterocycles. The number of rotatable bonds is 6. The van der Waals surface area contributed by atoms with Gasteiger partial charge in [0.2, 0.25) is 0 Å². The topological polar surface area (TPSA) is 16.4 Å². The first kappa shape index (κ1) is 34.2. The quantitative estimate of drug-likeness (QED) is 0.167. The monoisotopic (exact) mass is 771 g/mol. The molecule has 4 bridgehead atoms. The minimum atomic E-state index is 0.106. The summed E-state index contributed by atoms with van der Waals surface area (Å²) in [6.07, 6.45) is 6.97. The Morgan fingerprint density at radius 1 is 0.383 bits per heavy atom. The van der Waals surface area contributed by atoms with E-state index in [4.69, 9.17) is 4.42 Å². The first-order valence-corrected chi connectivity index (χ1v) is 22.0. The van der Waals surface area contributed by atoms with Crippen LogP contribution in [0.25, 0.3) is 66.4 Å². The lowest BCUT2D eigenvalue weighted by atomic mass is 9.43. The van der Waals surface area contributed by atoms with Gasteiger partial charge in [0.1, 0.15) is 11.2 Å². The number of benzene rings is 8. The van der Waals surface area contributed by atoms with Gasteiger partial charge >= 0.3 is 0 Å². The zero-order valence-corrected chi connectivity index (χ0v) is 33.6. The maximum absolute atomic E-state index is 6.32. The van der Waals surface area contributed by atoms with E-state index in [2.05, 4.69) is 187 Å². The summed E-state index contributed by atoms with van der Waals surface area (Å²) in [6.45, 7) is 0. The maximum atomic E-state index is 6.32. The molecule has 288 valence electrons. The van der Waals surface area contributed by atoms with Gasteiger partial charge in [-0.2, -0.15) is 0 Å². The van der Waals surface area contributed by atoms with Crippen molar-refractivity contribution in [2.75, 3.05) is 4.90 Å². The van der Waals surface area contributed by atoms with Crippen LogP contribution in [0.2, 0.25) is 0 Å². The fourth-order valence-electron chi connectivity index (χ4n) is 12.9. The van der Waals surface area contributed by atoms with Crippen molar-refractivity contribution in [3.63, 3.8) is 0 Å². The molecule has 0 N–H and O–H groups in total. The lowest BCUT2D eigenvalue weighted by molar-refractivity contribution is -0.0399. The number of fused-ring (bicyclic) bond motifs is 6. The molecule has 9 aromatic rings. The van der Waals surface area contributed by atoms with E-state index < -0.39 is 0 Å². The average Bonchev–Trinajstić information content (AvgIpc) is 3.83. The highest BCUT2D eigenvalue weighted by Gasteiger charge is 2.61. The minimum absolute atomic E-state index is 0.106. The largest absolute Gasteiger partial charge is 0.456 e. The molecule has 0 aliphatic heterocycles. The molecule has 0 radical (unpaired) electrons.